The summed E-state index contributed by atoms with van der Waals surface area (Å²) in [6.07, 6.45) is 1.99. The minimum atomic E-state index is -0.599. The van der Waals surface area contributed by atoms with Gasteiger partial charge in [0.15, 0.2) is 0 Å². The maximum atomic E-state index is 14.2. The Hall–Kier alpha value is -2.54. The minimum Gasteiger partial charge on any atom is -0.323 e. The summed E-state index contributed by atoms with van der Waals surface area (Å²) >= 11 is 1.65. The van der Waals surface area contributed by atoms with E-state index in [-0.39, 0.29) is 39.9 Å². The molecule has 7 heteroatoms. The molecule has 0 aliphatic heterocycles. The molecule has 1 aromatic carbocycles. The standard InChI is InChI=1S/C17H14FN3O2S/c1-8-2-3-24-15(8)9-4-10(9)17(23)21-14-5-11-13(6-12(14)18)19-7-20-16(11)22/h2-3,5-7,9-10H,4H2,1H3,(H,21,23)(H,19,20,22). The third kappa shape index (κ3) is 2.50. The summed E-state index contributed by atoms with van der Waals surface area (Å²) in [5.41, 5.74) is 1.09. The van der Waals surface area contributed by atoms with E-state index >= 15 is 0 Å². The van der Waals surface area contributed by atoms with Crippen molar-refractivity contribution in [3.63, 3.8) is 0 Å². The molecule has 0 bridgehead atoms. The number of aromatic amines is 1. The summed E-state index contributed by atoms with van der Waals surface area (Å²) in [5.74, 6) is -0.756. The number of thiophene rings is 1. The average molecular weight is 343 g/mol. The van der Waals surface area contributed by atoms with Crippen LogP contribution in [0.2, 0.25) is 0 Å². The summed E-state index contributed by atoms with van der Waals surface area (Å²) in [7, 11) is 0. The van der Waals surface area contributed by atoms with Crippen molar-refractivity contribution in [3.8, 4) is 0 Å². The highest BCUT2D eigenvalue weighted by Crippen LogP contribution is 2.50. The summed E-state index contributed by atoms with van der Waals surface area (Å²) in [6, 6.07) is 4.53. The number of amides is 1. The number of halogens is 1. The van der Waals surface area contributed by atoms with Gasteiger partial charge in [-0.15, -0.1) is 11.3 Å². The van der Waals surface area contributed by atoms with Crippen LogP contribution in [0.5, 0.6) is 0 Å². The molecular weight excluding hydrogens is 329 g/mol. The Labute approximate surface area is 140 Å². The maximum absolute atomic E-state index is 14.2. The Kier molecular flexibility index (Phi) is 3.45. The third-order valence-electron chi connectivity index (χ3n) is 4.35. The van der Waals surface area contributed by atoms with Crippen molar-refractivity contribution in [2.75, 3.05) is 5.32 Å². The molecule has 1 aliphatic rings. The van der Waals surface area contributed by atoms with Crippen molar-refractivity contribution in [2.24, 2.45) is 5.92 Å². The van der Waals surface area contributed by atoms with Gasteiger partial charge in [0.1, 0.15) is 5.82 Å². The number of anilines is 1. The Morgan fingerprint density at radius 3 is 3.04 bits per heavy atom. The fourth-order valence-electron chi connectivity index (χ4n) is 2.95. The van der Waals surface area contributed by atoms with Crippen LogP contribution in [0, 0.1) is 18.7 Å². The lowest BCUT2D eigenvalue weighted by Gasteiger charge is -2.07. The molecule has 2 unspecified atom stereocenters. The molecule has 4 rings (SSSR count). The molecule has 1 saturated carbocycles. The fourth-order valence-corrected chi connectivity index (χ4v) is 4.06. The van der Waals surface area contributed by atoms with Gasteiger partial charge in [-0.1, -0.05) is 0 Å². The van der Waals surface area contributed by atoms with E-state index in [2.05, 4.69) is 15.3 Å². The summed E-state index contributed by atoms with van der Waals surface area (Å²) in [5, 5.41) is 4.87. The van der Waals surface area contributed by atoms with Gasteiger partial charge in [-0.25, -0.2) is 9.37 Å². The van der Waals surface area contributed by atoms with E-state index in [0.717, 1.165) is 12.5 Å². The van der Waals surface area contributed by atoms with Crippen LogP contribution in [0.3, 0.4) is 0 Å². The highest BCUT2D eigenvalue weighted by atomic mass is 32.1. The Morgan fingerprint density at radius 2 is 2.29 bits per heavy atom. The first-order chi connectivity index (χ1) is 11.5. The normalized spacial score (nSPS) is 19.4. The number of aryl methyl sites for hydroxylation is 1. The second kappa shape index (κ2) is 5.52. The molecule has 1 aliphatic carbocycles. The van der Waals surface area contributed by atoms with Gasteiger partial charge < -0.3 is 10.3 Å². The smallest absolute Gasteiger partial charge is 0.258 e. The van der Waals surface area contributed by atoms with Gasteiger partial charge in [-0.3, -0.25) is 9.59 Å². The number of hydrogen-bond acceptors (Lipinski definition) is 4. The molecule has 24 heavy (non-hydrogen) atoms. The molecule has 1 amide bonds. The number of rotatable bonds is 3. The predicted molar refractivity (Wildman–Crippen MR) is 90.9 cm³/mol. The first-order valence-corrected chi connectivity index (χ1v) is 8.44. The minimum absolute atomic E-state index is 0.0135. The van der Waals surface area contributed by atoms with Crippen molar-refractivity contribution in [3.05, 3.63) is 56.5 Å². The Balaban J connectivity index is 1.58. The van der Waals surface area contributed by atoms with Gasteiger partial charge in [-0.2, -0.15) is 0 Å². The second-order valence-corrected chi connectivity index (χ2v) is 6.93. The zero-order chi connectivity index (χ0) is 16.8. The van der Waals surface area contributed by atoms with E-state index in [1.807, 2.05) is 18.4 Å². The Morgan fingerprint density at radius 1 is 1.46 bits per heavy atom. The van der Waals surface area contributed by atoms with Crippen LogP contribution in [-0.4, -0.2) is 15.9 Å². The number of hydrogen-bond donors (Lipinski definition) is 2. The molecule has 1 fully saturated rings. The summed E-state index contributed by atoms with van der Waals surface area (Å²) < 4.78 is 14.2. The van der Waals surface area contributed by atoms with Crippen molar-refractivity contribution in [1.82, 2.24) is 9.97 Å². The van der Waals surface area contributed by atoms with Crippen molar-refractivity contribution >= 4 is 33.8 Å². The predicted octanol–water partition coefficient (Wildman–Crippen LogP) is 3.17. The van der Waals surface area contributed by atoms with Crippen LogP contribution in [0.15, 0.2) is 34.7 Å². The second-order valence-electron chi connectivity index (χ2n) is 5.99. The summed E-state index contributed by atoms with van der Waals surface area (Å²) in [6.45, 7) is 2.03. The van der Waals surface area contributed by atoms with E-state index < -0.39 is 5.82 Å². The van der Waals surface area contributed by atoms with Crippen LogP contribution in [0.25, 0.3) is 10.9 Å². The monoisotopic (exact) mass is 343 g/mol. The van der Waals surface area contributed by atoms with Crippen LogP contribution < -0.4 is 10.9 Å². The van der Waals surface area contributed by atoms with Gasteiger partial charge in [0.25, 0.3) is 5.56 Å². The fraction of sp³-hybridized carbons (Fsp3) is 0.235. The number of carbonyl (C=O) groups is 1. The van der Waals surface area contributed by atoms with Crippen molar-refractivity contribution < 1.29 is 9.18 Å². The molecule has 0 spiro atoms. The largest absolute Gasteiger partial charge is 0.323 e. The molecule has 3 aromatic rings. The van der Waals surface area contributed by atoms with Crippen molar-refractivity contribution in [2.45, 2.75) is 19.3 Å². The quantitative estimate of drug-likeness (QED) is 0.767. The average Bonchev–Trinajstić information content (AvgIpc) is 3.23. The van der Waals surface area contributed by atoms with Gasteiger partial charge in [-0.05, 0) is 36.4 Å². The maximum Gasteiger partial charge on any atom is 0.258 e. The number of carbonyl (C=O) groups excluding carboxylic acids is 1. The van der Waals surface area contributed by atoms with Crippen LogP contribution in [0.4, 0.5) is 10.1 Å². The van der Waals surface area contributed by atoms with Gasteiger partial charge in [0.2, 0.25) is 5.91 Å². The molecule has 0 radical (unpaired) electrons. The molecule has 2 N–H and O–H groups in total. The van der Waals surface area contributed by atoms with Crippen molar-refractivity contribution in [1.29, 1.82) is 0 Å². The van der Waals surface area contributed by atoms with Crippen LogP contribution in [0.1, 0.15) is 22.8 Å². The van der Waals surface area contributed by atoms with E-state index in [9.17, 15) is 14.0 Å². The molecule has 0 saturated heterocycles. The van der Waals surface area contributed by atoms with Gasteiger partial charge >= 0.3 is 0 Å². The lowest BCUT2D eigenvalue weighted by Crippen LogP contribution is -2.16. The first kappa shape index (κ1) is 15.0. The van der Waals surface area contributed by atoms with Crippen LogP contribution in [-0.2, 0) is 4.79 Å². The van der Waals surface area contributed by atoms with Gasteiger partial charge in [0.05, 0.1) is 22.9 Å². The number of nitrogens with one attached hydrogen (secondary N) is 2. The molecule has 122 valence electrons. The lowest BCUT2D eigenvalue weighted by atomic mass is 10.1. The molecule has 2 heterocycles. The molecular formula is C17H14FN3O2S. The van der Waals surface area contributed by atoms with E-state index in [4.69, 9.17) is 0 Å². The molecule has 5 nitrogen and oxygen atoms in total. The highest BCUT2D eigenvalue weighted by molar-refractivity contribution is 7.10. The molecule has 2 atom stereocenters. The number of fused-ring (bicyclic) bond motifs is 1. The zero-order valence-electron chi connectivity index (χ0n) is 12.8. The van der Waals surface area contributed by atoms with Gasteiger partial charge in [0, 0.05) is 22.8 Å². The number of benzene rings is 1. The van der Waals surface area contributed by atoms with E-state index in [0.29, 0.717) is 0 Å². The summed E-state index contributed by atoms with van der Waals surface area (Å²) in [4.78, 5) is 31.8. The number of aromatic nitrogens is 2. The SMILES string of the molecule is Cc1ccsc1C1CC1C(=O)Nc1cc2c(=O)[nH]cnc2cc1F. The third-order valence-corrected chi connectivity index (χ3v) is 5.50. The highest BCUT2D eigenvalue weighted by Gasteiger charge is 2.45. The topological polar surface area (TPSA) is 74.8 Å². The first-order valence-electron chi connectivity index (χ1n) is 7.56. The van der Waals surface area contributed by atoms with E-state index in [1.165, 1.54) is 22.8 Å². The lowest BCUT2D eigenvalue weighted by molar-refractivity contribution is -0.117. The van der Waals surface area contributed by atoms with E-state index in [1.54, 1.807) is 11.3 Å². The zero-order valence-corrected chi connectivity index (χ0v) is 13.6. The number of H-pyrrole nitrogens is 1. The van der Waals surface area contributed by atoms with Crippen LogP contribution >= 0.6 is 11.3 Å². The Bertz CT molecular complexity index is 1010. The molecule has 2 aromatic heterocycles. The number of nitrogens with zero attached hydrogens (tertiary/aromatic N) is 1.